The largest absolute Gasteiger partial charge is 0.315 e. The van der Waals surface area contributed by atoms with Gasteiger partial charge in [-0.05, 0) is 24.3 Å². The van der Waals surface area contributed by atoms with Gasteiger partial charge in [-0.1, -0.05) is 6.07 Å². The summed E-state index contributed by atoms with van der Waals surface area (Å²) < 4.78 is 26.4. The van der Waals surface area contributed by atoms with Crippen LogP contribution >= 0.6 is 0 Å². The Balaban J connectivity index is 1.60. The number of aromatic nitrogens is 1. The lowest BCUT2D eigenvalue weighted by Gasteiger charge is -2.33. The van der Waals surface area contributed by atoms with Crippen molar-refractivity contribution in [2.24, 2.45) is 5.92 Å². The van der Waals surface area contributed by atoms with Gasteiger partial charge in [-0.3, -0.25) is 9.69 Å². The van der Waals surface area contributed by atoms with Crippen LogP contribution in [0, 0.1) is 5.92 Å². The highest BCUT2D eigenvalue weighted by Crippen LogP contribution is 2.30. The first-order valence-electron chi connectivity index (χ1n) is 7.79. The number of piperazine rings is 1. The Hall–Kier alpha value is -1.18. The van der Waals surface area contributed by atoms with Crippen molar-refractivity contribution < 1.29 is 8.42 Å². The predicted molar refractivity (Wildman–Crippen MR) is 85.1 cm³/mol. The minimum Gasteiger partial charge on any atom is -0.315 e. The van der Waals surface area contributed by atoms with Crippen LogP contribution in [0.15, 0.2) is 23.1 Å². The van der Waals surface area contributed by atoms with Gasteiger partial charge >= 0.3 is 0 Å². The topological polar surface area (TPSA) is 62.6 Å². The molecule has 22 heavy (non-hydrogen) atoms. The highest BCUT2D eigenvalue weighted by molar-refractivity contribution is 7.88. The lowest BCUT2D eigenvalue weighted by atomic mass is 10.2. The predicted octanol–water partition coefficient (Wildman–Crippen LogP) is 0.335. The van der Waals surface area contributed by atoms with Gasteiger partial charge in [0.25, 0.3) is 5.56 Å². The summed E-state index contributed by atoms with van der Waals surface area (Å²) >= 11 is 0. The molecule has 122 valence electrons. The lowest BCUT2D eigenvalue weighted by molar-refractivity contribution is 0.182. The summed E-state index contributed by atoms with van der Waals surface area (Å²) in [5.74, 6) is 0.672. The van der Waals surface area contributed by atoms with Crippen LogP contribution < -0.4 is 5.56 Å². The number of pyridine rings is 1. The maximum atomic E-state index is 11.9. The third-order valence-electron chi connectivity index (χ3n) is 4.40. The van der Waals surface area contributed by atoms with E-state index in [2.05, 4.69) is 4.90 Å². The molecular formula is C15H23N3O3S. The molecule has 0 amide bonds. The molecule has 2 fully saturated rings. The molecule has 0 atom stereocenters. The van der Waals surface area contributed by atoms with Gasteiger partial charge in [-0.2, -0.15) is 4.31 Å². The first-order valence-corrected chi connectivity index (χ1v) is 9.63. The number of hydrogen-bond acceptors (Lipinski definition) is 4. The van der Waals surface area contributed by atoms with Crippen molar-refractivity contribution >= 4 is 10.0 Å². The van der Waals surface area contributed by atoms with Gasteiger partial charge in [-0.25, -0.2) is 8.42 Å². The molecule has 2 heterocycles. The van der Waals surface area contributed by atoms with E-state index >= 15 is 0 Å². The molecule has 0 aromatic carbocycles. The highest BCUT2D eigenvalue weighted by atomic mass is 32.2. The Bertz CT molecular complexity index is 686. The molecule has 0 N–H and O–H groups in total. The third-order valence-corrected chi connectivity index (χ3v) is 5.71. The second kappa shape index (κ2) is 6.14. The van der Waals surface area contributed by atoms with Crippen LogP contribution in [0.5, 0.6) is 0 Å². The summed E-state index contributed by atoms with van der Waals surface area (Å²) in [7, 11) is -3.08. The number of rotatable bonds is 5. The average Bonchev–Trinajstić information content (AvgIpc) is 3.26. The maximum Gasteiger partial charge on any atom is 0.250 e. The van der Waals surface area contributed by atoms with Gasteiger partial charge < -0.3 is 4.57 Å². The first kappa shape index (κ1) is 15.7. The van der Waals surface area contributed by atoms with Crippen molar-refractivity contribution in [3.05, 3.63) is 34.2 Å². The second-order valence-electron chi connectivity index (χ2n) is 6.41. The summed E-state index contributed by atoms with van der Waals surface area (Å²) in [4.78, 5) is 14.1. The first-order chi connectivity index (χ1) is 10.4. The lowest BCUT2D eigenvalue weighted by Crippen LogP contribution is -2.47. The molecule has 1 aromatic rings. The zero-order valence-corrected chi connectivity index (χ0v) is 13.8. The van der Waals surface area contributed by atoms with Crippen LogP contribution in [0.25, 0.3) is 0 Å². The molecule has 0 bridgehead atoms. The molecular weight excluding hydrogens is 302 g/mol. The minimum atomic E-state index is -3.08. The smallest absolute Gasteiger partial charge is 0.250 e. The van der Waals surface area contributed by atoms with Crippen LogP contribution in [-0.4, -0.2) is 54.6 Å². The molecule has 0 unspecified atom stereocenters. The van der Waals surface area contributed by atoms with Gasteiger partial charge in [0.2, 0.25) is 10.0 Å². The number of sulfonamides is 1. The molecule has 1 saturated carbocycles. The van der Waals surface area contributed by atoms with E-state index in [-0.39, 0.29) is 5.56 Å². The zero-order valence-electron chi connectivity index (χ0n) is 12.9. The molecule has 2 aliphatic rings. The van der Waals surface area contributed by atoms with Crippen LogP contribution in [0.4, 0.5) is 0 Å². The van der Waals surface area contributed by atoms with Crippen LogP contribution in [0.3, 0.4) is 0 Å². The fourth-order valence-corrected chi connectivity index (χ4v) is 3.70. The van der Waals surface area contributed by atoms with Gasteiger partial charge in [0, 0.05) is 51.5 Å². The van der Waals surface area contributed by atoms with E-state index in [0.29, 0.717) is 19.0 Å². The van der Waals surface area contributed by atoms with Crippen molar-refractivity contribution in [2.45, 2.75) is 25.9 Å². The van der Waals surface area contributed by atoms with Crippen molar-refractivity contribution in [1.82, 2.24) is 13.8 Å². The molecule has 3 rings (SSSR count). The summed E-state index contributed by atoms with van der Waals surface area (Å²) in [5, 5.41) is 0. The molecule has 7 heteroatoms. The van der Waals surface area contributed by atoms with Crippen molar-refractivity contribution in [3.8, 4) is 0 Å². The van der Waals surface area contributed by atoms with Crippen LogP contribution in [-0.2, 0) is 23.1 Å². The highest BCUT2D eigenvalue weighted by Gasteiger charge is 2.24. The fourth-order valence-electron chi connectivity index (χ4n) is 2.87. The molecule has 1 saturated heterocycles. The van der Waals surface area contributed by atoms with E-state index in [1.165, 1.54) is 23.4 Å². The molecule has 0 radical (unpaired) electrons. The molecule has 1 aromatic heterocycles. The van der Waals surface area contributed by atoms with E-state index in [1.54, 1.807) is 6.07 Å². The third kappa shape index (κ3) is 3.97. The Labute approximate surface area is 131 Å². The standard InChI is InChI=1S/C15H23N3O3S/c1-22(20,21)18-8-6-16(7-9-18)10-14-4-5-15(19)17(12-14)11-13-2-3-13/h4-5,12-13H,2-3,6-11H2,1H3. The van der Waals surface area contributed by atoms with Crippen molar-refractivity contribution in [3.63, 3.8) is 0 Å². The molecule has 1 aliphatic heterocycles. The van der Waals surface area contributed by atoms with Crippen LogP contribution in [0.1, 0.15) is 18.4 Å². The van der Waals surface area contributed by atoms with E-state index in [9.17, 15) is 13.2 Å². The quantitative estimate of drug-likeness (QED) is 0.783. The summed E-state index contributed by atoms with van der Waals surface area (Å²) in [5.41, 5.74) is 1.19. The summed E-state index contributed by atoms with van der Waals surface area (Å²) in [6.45, 7) is 4.14. The molecule has 1 aliphatic carbocycles. The van der Waals surface area contributed by atoms with Gasteiger partial charge in [0.1, 0.15) is 0 Å². The Morgan fingerprint density at radius 1 is 1.14 bits per heavy atom. The molecule has 0 spiro atoms. The summed E-state index contributed by atoms with van der Waals surface area (Å²) in [6, 6.07) is 3.53. The van der Waals surface area contributed by atoms with E-state index in [1.807, 2.05) is 16.8 Å². The van der Waals surface area contributed by atoms with Crippen LogP contribution in [0.2, 0.25) is 0 Å². The maximum absolute atomic E-state index is 11.9. The monoisotopic (exact) mass is 325 g/mol. The van der Waals surface area contributed by atoms with E-state index in [4.69, 9.17) is 0 Å². The van der Waals surface area contributed by atoms with Gasteiger partial charge in [0.05, 0.1) is 6.26 Å². The number of hydrogen-bond donors (Lipinski definition) is 0. The van der Waals surface area contributed by atoms with Gasteiger partial charge in [-0.15, -0.1) is 0 Å². The average molecular weight is 325 g/mol. The second-order valence-corrected chi connectivity index (χ2v) is 8.39. The van der Waals surface area contributed by atoms with Gasteiger partial charge in [0.15, 0.2) is 0 Å². The minimum absolute atomic E-state index is 0.0672. The normalized spacial score (nSPS) is 21.1. The van der Waals surface area contributed by atoms with Crippen molar-refractivity contribution in [1.29, 1.82) is 0 Å². The van der Waals surface area contributed by atoms with Crippen molar-refractivity contribution in [2.75, 3.05) is 32.4 Å². The Kier molecular flexibility index (Phi) is 4.38. The number of nitrogens with zero attached hydrogens (tertiary/aromatic N) is 3. The SMILES string of the molecule is CS(=O)(=O)N1CCN(Cc2ccc(=O)n(CC3CC3)c2)CC1. The van der Waals surface area contributed by atoms with E-state index < -0.39 is 10.0 Å². The zero-order chi connectivity index (χ0) is 15.7. The fraction of sp³-hybridized carbons (Fsp3) is 0.667. The summed E-state index contributed by atoms with van der Waals surface area (Å²) in [6.07, 6.45) is 5.67. The Morgan fingerprint density at radius 3 is 2.41 bits per heavy atom. The van der Waals surface area contributed by atoms with E-state index in [0.717, 1.165) is 31.7 Å². The molecule has 6 nitrogen and oxygen atoms in total. The Morgan fingerprint density at radius 2 is 1.82 bits per heavy atom.